The van der Waals surface area contributed by atoms with E-state index in [9.17, 15) is 22.4 Å². The highest BCUT2D eigenvalue weighted by Gasteiger charge is 2.32. The number of carbonyl (C=O) groups excluding carboxylic acids is 1. The van der Waals surface area contributed by atoms with E-state index in [0.29, 0.717) is 42.1 Å². The van der Waals surface area contributed by atoms with Gasteiger partial charge in [-0.25, -0.2) is 14.2 Å². The first kappa shape index (κ1) is 27.9. The number of amides is 1. The van der Waals surface area contributed by atoms with Crippen molar-refractivity contribution >= 4 is 46.2 Å². The van der Waals surface area contributed by atoms with E-state index in [-0.39, 0.29) is 17.3 Å². The molecule has 0 saturated carbocycles. The lowest BCUT2D eigenvalue weighted by Crippen LogP contribution is -2.34. The van der Waals surface area contributed by atoms with Crippen LogP contribution in [0.2, 0.25) is 10.2 Å². The van der Waals surface area contributed by atoms with Crippen molar-refractivity contribution in [3.05, 3.63) is 99.2 Å². The molecular formula is C28H22Cl2F4N4O2. The number of halogens is 6. The minimum atomic E-state index is -4.85. The van der Waals surface area contributed by atoms with Crippen molar-refractivity contribution in [3.63, 3.8) is 0 Å². The molecule has 0 spiro atoms. The van der Waals surface area contributed by atoms with Crippen LogP contribution in [0.15, 0.2) is 60.8 Å². The molecule has 0 radical (unpaired) electrons. The van der Waals surface area contributed by atoms with Gasteiger partial charge >= 0.3 is 12.4 Å². The summed E-state index contributed by atoms with van der Waals surface area (Å²) >= 11 is 11.8. The third-order valence-corrected chi connectivity index (χ3v) is 6.98. The van der Waals surface area contributed by atoms with Crippen LogP contribution in [0.4, 0.5) is 22.4 Å². The molecule has 0 atom stereocenters. The molecule has 1 amide bonds. The van der Waals surface area contributed by atoms with Gasteiger partial charge in [-0.15, -0.1) is 13.2 Å². The summed E-state index contributed by atoms with van der Waals surface area (Å²) in [6.07, 6.45) is 0.896. The van der Waals surface area contributed by atoms with Crippen LogP contribution < -0.4 is 10.1 Å². The molecule has 6 nitrogen and oxygen atoms in total. The number of aromatic nitrogens is 2. The van der Waals surface area contributed by atoms with Crippen molar-refractivity contribution in [1.29, 1.82) is 0 Å². The summed E-state index contributed by atoms with van der Waals surface area (Å²) in [5.41, 5.74) is 3.43. The Bertz CT molecular complexity index is 1600. The predicted molar refractivity (Wildman–Crippen MR) is 145 cm³/mol. The Labute approximate surface area is 236 Å². The number of ether oxygens (including phenoxy) is 1. The highest BCUT2D eigenvalue weighted by atomic mass is 35.5. The van der Waals surface area contributed by atoms with E-state index in [1.54, 1.807) is 18.2 Å². The molecule has 2 aromatic heterocycles. The number of hydrogen-bond donors (Lipinski definition) is 1. The molecule has 0 fully saturated rings. The van der Waals surface area contributed by atoms with Crippen LogP contribution in [0.3, 0.4) is 0 Å². The van der Waals surface area contributed by atoms with Crippen LogP contribution in [0.5, 0.6) is 5.75 Å². The average molecular weight is 593 g/mol. The van der Waals surface area contributed by atoms with Crippen LogP contribution >= 0.6 is 23.2 Å². The van der Waals surface area contributed by atoms with Gasteiger partial charge in [-0.1, -0.05) is 41.4 Å². The summed E-state index contributed by atoms with van der Waals surface area (Å²) < 4.78 is 57.9. The van der Waals surface area contributed by atoms with Gasteiger partial charge < -0.3 is 10.1 Å². The number of hydrogen-bond acceptors (Lipinski definition) is 4. The fourth-order valence-corrected chi connectivity index (χ4v) is 5.13. The minimum absolute atomic E-state index is 0.0276. The fourth-order valence-electron chi connectivity index (χ4n) is 4.74. The number of benzene rings is 2. The summed E-state index contributed by atoms with van der Waals surface area (Å²) in [6.45, 7) is 1.72. The van der Waals surface area contributed by atoms with Gasteiger partial charge in [-0.05, 0) is 59.2 Å². The van der Waals surface area contributed by atoms with Crippen molar-refractivity contribution in [1.82, 2.24) is 19.8 Å². The lowest BCUT2D eigenvalue weighted by atomic mass is 10.0. The Morgan fingerprint density at radius 3 is 2.70 bits per heavy atom. The van der Waals surface area contributed by atoms with E-state index in [1.807, 2.05) is 12.2 Å². The molecule has 40 heavy (non-hydrogen) atoms. The van der Waals surface area contributed by atoms with Gasteiger partial charge in [0.1, 0.15) is 16.7 Å². The first-order valence-electron chi connectivity index (χ1n) is 12.2. The predicted octanol–water partition coefficient (Wildman–Crippen LogP) is 7.21. The van der Waals surface area contributed by atoms with Crippen molar-refractivity contribution in [2.45, 2.75) is 25.9 Å². The minimum Gasteiger partial charge on any atom is -0.406 e. The molecule has 0 bridgehead atoms. The number of alkyl halides is 3. The van der Waals surface area contributed by atoms with Crippen molar-refractivity contribution in [2.75, 3.05) is 13.1 Å². The first-order chi connectivity index (χ1) is 19.1. The van der Waals surface area contributed by atoms with Crippen LogP contribution in [0, 0.1) is 5.82 Å². The van der Waals surface area contributed by atoms with Crippen molar-refractivity contribution < 1.29 is 27.1 Å². The Hall–Kier alpha value is -3.60. The lowest BCUT2D eigenvalue weighted by molar-refractivity contribution is -0.274. The maximum atomic E-state index is 13.4. The number of rotatable bonds is 6. The second kappa shape index (κ2) is 11.5. The summed E-state index contributed by atoms with van der Waals surface area (Å²) in [4.78, 5) is 19.4. The highest BCUT2D eigenvalue weighted by molar-refractivity contribution is 6.30. The van der Waals surface area contributed by atoms with Crippen LogP contribution in [0.1, 0.15) is 22.4 Å². The van der Waals surface area contributed by atoms with Crippen molar-refractivity contribution in [3.8, 4) is 5.75 Å². The molecule has 0 aliphatic carbocycles. The SMILES string of the molecule is O=C(NCc1ccnc(Cl)c1)n1c2c(c3cc(OC(F)(F)F)ccc31)CN(CC=Cc1ccc(F)c(Cl)c1)CC2. The molecule has 2 aromatic carbocycles. The molecule has 4 aromatic rings. The topological polar surface area (TPSA) is 59.4 Å². The molecule has 1 aliphatic rings. The van der Waals surface area contributed by atoms with Crippen LogP contribution in [0.25, 0.3) is 17.0 Å². The monoisotopic (exact) mass is 592 g/mol. The van der Waals surface area contributed by atoms with Gasteiger partial charge in [0, 0.05) is 49.9 Å². The summed E-state index contributed by atoms with van der Waals surface area (Å²) in [5.74, 6) is -0.863. The first-order valence-corrected chi connectivity index (χ1v) is 13.0. The molecule has 0 saturated heterocycles. The molecular weight excluding hydrogens is 571 g/mol. The van der Waals surface area contributed by atoms with E-state index in [0.717, 1.165) is 22.4 Å². The maximum absolute atomic E-state index is 13.4. The Morgan fingerprint density at radius 2 is 1.95 bits per heavy atom. The second-order valence-corrected chi connectivity index (χ2v) is 9.99. The summed E-state index contributed by atoms with van der Waals surface area (Å²) in [6, 6.07) is 11.3. The van der Waals surface area contributed by atoms with Gasteiger partial charge in [-0.3, -0.25) is 9.47 Å². The van der Waals surface area contributed by atoms with E-state index in [4.69, 9.17) is 23.2 Å². The third-order valence-electron chi connectivity index (χ3n) is 6.49. The van der Waals surface area contributed by atoms with E-state index >= 15 is 0 Å². The van der Waals surface area contributed by atoms with Crippen LogP contribution in [-0.2, 0) is 19.5 Å². The molecule has 0 unspecified atom stereocenters. The van der Waals surface area contributed by atoms with Crippen molar-refractivity contribution in [2.24, 2.45) is 0 Å². The zero-order chi connectivity index (χ0) is 28.4. The Balaban J connectivity index is 1.42. The number of nitrogens with one attached hydrogen (secondary N) is 1. The Morgan fingerprint density at radius 1 is 1.12 bits per heavy atom. The van der Waals surface area contributed by atoms with Gasteiger partial charge in [0.05, 0.1) is 10.5 Å². The maximum Gasteiger partial charge on any atom is 0.573 e. The smallest absolute Gasteiger partial charge is 0.406 e. The second-order valence-electron chi connectivity index (χ2n) is 9.19. The average Bonchev–Trinajstić information content (AvgIpc) is 3.21. The fraction of sp³-hybridized carbons (Fsp3) is 0.214. The molecule has 5 rings (SSSR count). The number of nitrogens with zero attached hydrogens (tertiary/aromatic N) is 3. The van der Waals surface area contributed by atoms with E-state index in [1.165, 1.54) is 41.1 Å². The number of fused-ring (bicyclic) bond motifs is 3. The van der Waals surface area contributed by atoms with E-state index < -0.39 is 18.2 Å². The van der Waals surface area contributed by atoms with Gasteiger partial charge in [0.15, 0.2) is 0 Å². The molecule has 1 aliphatic heterocycles. The quantitative estimate of drug-likeness (QED) is 0.190. The van der Waals surface area contributed by atoms with Crippen LogP contribution in [-0.4, -0.2) is 39.9 Å². The Kier molecular flexibility index (Phi) is 8.02. The highest BCUT2D eigenvalue weighted by Crippen LogP contribution is 2.35. The van der Waals surface area contributed by atoms with E-state index in [2.05, 4.69) is 19.9 Å². The van der Waals surface area contributed by atoms with Gasteiger partial charge in [0.25, 0.3) is 0 Å². The third kappa shape index (κ3) is 6.41. The normalized spacial score (nSPS) is 14.1. The lowest BCUT2D eigenvalue weighted by Gasteiger charge is -2.27. The standard InChI is InChI=1S/C28H22Cl2F4N4O2/c29-22-12-17(3-5-23(22)31)2-1-10-37-11-8-25-21(16-37)20-14-19(40-28(32,33)34)4-6-24(20)38(25)27(39)36-15-18-7-9-35-26(30)13-18/h1-7,9,12-14H,8,10-11,15-16H2,(H,36,39). The zero-order valence-corrected chi connectivity index (χ0v) is 22.3. The summed E-state index contributed by atoms with van der Waals surface area (Å²) in [5, 5.41) is 3.68. The zero-order valence-electron chi connectivity index (χ0n) is 20.8. The number of carbonyl (C=O) groups is 1. The summed E-state index contributed by atoms with van der Waals surface area (Å²) in [7, 11) is 0. The molecule has 208 valence electrons. The largest absolute Gasteiger partial charge is 0.573 e. The molecule has 12 heteroatoms. The number of pyridine rings is 1. The van der Waals surface area contributed by atoms with Gasteiger partial charge in [0.2, 0.25) is 0 Å². The molecule has 3 heterocycles. The van der Waals surface area contributed by atoms with Gasteiger partial charge in [-0.2, -0.15) is 0 Å². The molecule has 1 N–H and O–H groups in total.